The van der Waals surface area contributed by atoms with E-state index in [0.29, 0.717) is 47.5 Å². The predicted molar refractivity (Wildman–Crippen MR) is 125 cm³/mol. The number of ether oxygens (including phenoxy) is 1. The Labute approximate surface area is 198 Å². The van der Waals surface area contributed by atoms with E-state index in [2.05, 4.69) is 15.5 Å². The molecule has 34 heavy (non-hydrogen) atoms. The van der Waals surface area contributed by atoms with Crippen LogP contribution in [0.2, 0.25) is 0 Å². The van der Waals surface area contributed by atoms with Gasteiger partial charge >= 0.3 is 0 Å². The van der Waals surface area contributed by atoms with Crippen LogP contribution in [0.4, 0.5) is 5.69 Å². The molecule has 0 atom stereocenters. The number of carbonyl (C=O) groups is 1. The normalized spacial score (nSPS) is 17.4. The number of sulfonamides is 1. The van der Waals surface area contributed by atoms with Gasteiger partial charge in [-0.1, -0.05) is 17.3 Å². The van der Waals surface area contributed by atoms with E-state index in [1.54, 1.807) is 43.5 Å². The van der Waals surface area contributed by atoms with Crippen LogP contribution in [0, 0.1) is 5.92 Å². The van der Waals surface area contributed by atoms with Crippen molar-refractivity contribution in [2.45, 2.75) is 36.5 Å². The molecule has 0 bridgehead atoms. The number of rotatable bonds is 7. The number of nitrogens with zero attached hydrogens (tertiary/aromatic N) is 3. The Morgan fingerprint density at radius 3 is 2.44 bits per heavy atom. The molecule has 0 radical (unpaired) electrons. The summed E-state index contributed by atoms with van der Waals surface area (Å²) in [4.78, 5) is 17.3. The summed E-state index contributed by atoms with van der Waals surface area (Å²) in [6.45, 7) is 0.563. The number of para-hydroxylation sites is 2. The lowest BCUT2D eigenvalue weighted by Gasteiger charge is -2.30. The number of anilines is 1. The van der Waals surface area contributed by atoms with Gasteiger partial charge in [-0.3, -0.25) is 4.79 Å². The molecule has 2 aromatic carbocycles. The minimum absolute atomic E-state index is 0.128. The number of carbonyl (C=O) groups excluding carboxylic acids is 1. The van der Waals surface area contributed by atoms with E-state index in [0.717, 1.165) is 12.8 Å². The summed E-state index contributed by atoms with van der Waals surface area (Å²) in [6, 6.07) is 13.7. The standard InChI is InChI=1S/C24H26N4O5S/c1-32-21-5-3-2-4-20(21)25-23(29)17-12-14-28(15-13-17)34(30,31)19-10-8-16(9-11-19)22-26-24(33-27-22)18-6-7-18/h2-5,8-11,17-18H,6-7,12-15H2,1H3,(H,25,29). The summed E-state index contributed by atoms with van der Waals surface area (Å²) in [5, 5.41) is 6.90. The van der Waals surface area contributed by atoms with Gasteiger partial charge in [0.2, 0.25) is 27.6 Å². The van der Waals surface area contributed by atoms with Crippen molar-refractivity contribution in [3.8, 4) is 17.1 Å². The second-order valence-corrected chi connectivity index (χ2v) is 10.6. The van der Waals surface area contributed by atoms with Crippen LogP contribution in [-0.4, -0.2) is 49.0 Å². The fourth-order valence-electron chi connectivity index (χ4n) is 4.11. The summed E-state index contributed by atoms with van der Waals surface area (Å²) in [5.41, 5.74) is 1.32. The number of benzene rings is 2. The van der Waals surface area contributed by atoms with E-state index in [4.69, 9.17) is 9.26 Å². The van der Waals surface area contributed by atoms with Crippen molar-refractivity contribution in [3.63, 3.8) is 0 Å². The number of nitrogens with one attached hydrogen (secondary N) is 1. The quantitative estimate of drug-likeness (QED) is 0.546. The lowest BCUT2D eigenvalue weighted by Crippen LogP contribution is -2.41. The Hall–Kier alpha value is -3.24. The van der Waals surface area contributed by atoms with Gasteiger partial charge in [-0.15, -0.1) is 0 Å². The van der Waals surface area contributed by atoms with E-state index in [9.17, 15) is 13.2 Å². The molecule has 2 fully saturated rings. The first-order chi connectivity index (χ1) is 16.5. The lowest BCUT2D eigenvalue weighted by atomic mass is 9.97. The fraction of sp³-hybridized carbons (Fsp3) is 0.375. The van der Waals surface area contributed by atoms with Crippen LogP contribution in [-0.2, 0) is 14.8 Å². The average molecular weight is 483 g/mol. The molecule has 1 amide bonds. The second kappa shape index (κ2) is 9.19. The third-order valence-electron chi connectivity index (χ3n) is 6.31. The molecule has 5 rings (SSSR count). The first-order valence-corrected chi connectivity index (χ1v) is 12.8. The molecule has 2 aliphatic rings. The van der Waals surface area contributed by atoms with Gasteiger partial charge in [-0.2, -0.15) is 9.29 Å². The Kier molecular flexibility index (Phi) is 6.09. The van der Waals surface area contributed by atoms with Crippen LogP contribution >= 0.6 is 0 Å². The number of amides is 1. The molecule has 1 saturated carbocycles. The van der Waals surface area contributed by atoms with Gasteiger partial charge < -0.3 is 14.6 Å². The zero-order chi connectivity index (χ0) is 23.7. The molecule has 3 aromatic rings. The molecule has 2 heterocycles. The maximum Gasteiger partial charge on any atom is 0.243 e. The molecule has 1 saturated heterocycles. The number of methoxy groups -OCH3 is 1. The Morgan fingerprint density at radius 2 is 1.76 bits per heavy atom. The molecular weight excluding hydrogens is 456 g/mol. The van der Waals surface area contributed by atoms with Crippen LogP contribution in [0.1, 0.15) is 37.5 Å². The molecule has 1 N–H and O–H groups in total. The van der Waals surface area contributed by atoms with Crippen LogP contribution in [0.5, 0.6) is 5.75 Å². The highest BCUT2D eigenvalue weighted by Crippen LogP contribution is 2.39. The van der Waals surface area contributed by atoms with Crippen LogP contribution in [0.3, 0.4) is 0 Å². The van der Waals surface area contributed by atoms with Crippen LogP contribution in [0.25, 0.3) is 11.4 Å². The monoisotopic (exact) mass is 482 g/mol. The first kappa shape index (κ1) is 22.5. The van der Waals surface area contributed by atoms with Gasteiger partial charge in [-0.25, -0.2) is 8.42 Å². The Morgan fingerprint density at radius 1 is 1.06 bits per heavy atom. The molecular formula is C24H26N4O5S. The fourth-order valence-corrected chi connectivity index (χ4v) is 5.58. The molecule has 0 unspecified atom stereocenters. The minimum Gasteiger partial charge on any atom is -0.495 e. The predicted octanol–water partition coefficient (Wildman–Crippen LogP) is 3.66. The Balaban J connectivity index is 1.21. The van der Waals surface area contributed by atoms with Gasteiger partial charge in [0.25, 0.3) is 0 Å². The van der Waals surface area contributed by atoms with Gasteiger partial charge in [0.05, 0.1) is 17.7 Å². The van der Waals surface area contributed by atoms with E-state index in [1.165, 1.54) is 4.31 Å². The maximum absolute atomic E-state index is 13.1. The molecule has 1 aliphatic carbocycles. The molecule has 178 valence electrons. The van der Waals surface area contributed by atoms with Crippen molar-refractivity contribution in [2.75, 3.05) is 25.5 Å². The maximum atomic E-state index is 13.1. The van der Waals surface area contributed by atoms with Gasteiger partial charge in [0.1, 0.15) is 5.75 Å². The summed E-state index contributed by atoms with van der Waals surface area (Å²) >= 11 is 0. The third kappa shape index (κ3) is 4.55. The molecule has 1 aliphatic heterocycles. The molecule has 0 spiro atoms. The summed E-state index contributed by atoms with van der Waals surface area (Å²) in [6.07, 6.45) is 3.03. The highest BCUT2D eigenvalue weighted by atomic mass is 32.2. The van der Waals surface area contributed by atoms with E-state index in [-0.39, 0.29) is 29.8 Å². The van der Waals surface area contributed by atoms with Crippen molar-refractivity contribution >= 4 is 21.6 Å². The molecule has 1 aromatic heterocycles. The number of hydrogen-bond donors (Lipinski definition) is 1. The summed E-state index contributed by atoms with van der Waals surface area (Å²) in [7, 11) is -2.11. The first-order valence-electron chi connectivity index (χ1n) is 11.3. The zero-order valence-electron chi connectivity index (χ0n) is 18.8. The zero-order valence-corrected chi connectivity index (χ0v) is 19.6. The Bertz CT molecular complexity index is 1280. The highest BCUT2D eigenvalue weighted by molar-refractivity contribution is 7.89. The number of piperidine rings is 1. The summed E-state index contributed by atoms with van der Waals surface area (Å²) < 4.78 is 38.3. The lowest BCUT2D eigenvalue weighted by molar-refractivity contribution is -0.120. The van der Waals surface area contributed by atoms with Gasteiger partial charge in [0.15, 0.2) is 0 Å². The van der Waals surface area contributed by atoms with E-state index in [1.807, 2.05) is 12.1 Å². The van der Waals surface area contributed by atoms with Gasteiger partial charge in [0, 0.05) is 30.5 Å². The average Bonchev–Trinajstić information content (AvgIpc) is 3.61. The molecule has 10 heteroatoms. The van der Waals surface area contributed by atoms with Crippen molar-refractivity contribution in [3.05, 3.63) is 54.4 Å². The van der Waals surface area contributed by atoms with Crippen molar-refractivity contribution in [2.24, 2.45) is 5.92 Å². The largest absolute Gasteiger partial charge is 0.495 e. The van der Waals surface area contributed by atoms with Gasteiger partial charge in [-0.05, 0) is 62.1 Å². The van der Waals surface area contributed by atoms with Crippen LogP contribution in [0.15, 0.2) is 57.9 Å². The highest BCUT2D eigenvalue weighted by Gasteiger charge is 2.33. The third-order valence-corrected chi connectivity index (χ3v) is 8.22. The van der Waals surface area contributed by atoms with Crippen molar-refractivity contribution in [1.82, 2.24) is 14.4 Å². The number of aromatic nitrogens is 2. The second-order valence-electron chi connectivity index (χ2n) is 8.62. The van der Waals surface area contributed by atoms with Crippen LogP contribution < -0.4 is 10.1 Å². The number of hydrogen-bond acceptors (Lipinski definition) is 7. The topological polar surface area (TPSA) is 115 Å². The SMILES string of the molecule is COc1ccccc1NC(=O)C1CCN(S(=O)(=O)c2ccc(-c3noc(C4CC4)n3)cc2)CC1. The summed E-state index contributed by atoms with van der Waals surface area (Å²) in [5.74, 6) is 1.66. The van der Waals surface area contributed by atoms with Crippen molar-refractivity contribution < 1.29 is 22.5 Å². The smallest absolute Gasteiger partial charge is 0.243 e. The van der Waals surface area contributed by atoms with E-state index >= 15 is 0 Å². The minimum atomic E-state index is -3.66. The molecule has 9 nitrogen and oxygen atoms in total. The van der Waals surface area contributed by atoms with E-state index < -0.39 is 10.0 Å². The van der Waals surface area contributed by atoms with Crippen molar-refractivity contribution in [1.29, 1.82) is 0 Å².